The fourth-order valence-electron chi connectivity index (χ4n) is 3.00. The van der Waals surface area contributed by atoms with Gasteiger partial charge in [-0.3, -0.25) is 0 Å². The standard InChI is InChI=1S/C15H22N4/c1-11-4-3-5-18(8-11)14-6-12(2)15-17-13(7-16)9-19(15)10-14/h6,9-11H,3-5,7-8,16H2,1-2H3. The van der Waals surface area contributed by atoms with Crippen LogP contribution in [-0.4, -0.2) is 22.5 Å². The quantitative estimate of drug-likeness (QED) is 0.899. The molecule has 0 saturated carbocycles. The second-order valence-corrected chi connectivity index (χ2v) is 5.74. The summed E-state index contributed by atoms with van der Waals surface area (Å²) in [6.45, 7) is 7.27. The zero-order valence-electron chi connectivity index (χ0n) is 11.8. The van der Waals surface area contributed by atoms with Crippen LogP contribution >= 0.6 is 0 Å². The molecule has 4 nitrogen and oxygen atoms in total. The molecule has 1 unspecified atom stereocenters. The van der Waals surface area contributed by atoms with E-state index >= 15 is 0 Å². The summed E-state index contributed by atoms with van der Waals surface area (Å²) in [5, 5.41) is 0. The van der Waals surface area contributed by atoms with Crippen LogP contribution in [-0.2, 0) is 6.54 Å². The number of hydrogen-bond acceptors (Lipinski definition) is 3. The Morgan fingerprint density at radius 1 is 1.42 bits per heavy atom. The highest BCUT2D eigenvalue weighted by atomic mass is 15.2. The lowest BCUT2D eigenvalue weighted by atomic mass is 10.00. The van der Waals surface area contributed by atoms with E-state index in [0.717, 1.165) is 30.3 Å². The van der Waals surface area contributed by atoms with Crippen LogP contribution < -0.4 is 10.6 Å². The Balaban J connectivity index is 1.99. The van der Waals surface area contributed by atoms with E-state index in [-0.39, 0.29) is 0 Å². The SMILES string of the molecule is Cc1cc(N2CCCC(C)C2)cn2cc(CN)nc12. The van der Waals surface area contributed by atoms with Gasteiger partial charge in [0.25, 0.3) is 0 Å². The summed E-state index contributed by atoms with van der Waals surface area (Å²) in [5.41, 5.74) is 10.2. The molecule has 0 radical (unpaired) electrons. The third-order valence-corrected chi connectivity index (χ3v) is 4.00. The van der Waals surface area contributed by atoms with Crippen LogP contribution in [0.25, 0.3) is 5.65 Å². The maximum atomic E-state index is 5.68. The first-order valence-electron chi connectivity index (χ1n) is 7.10. The average Bonchev–Trinajstić information content (AvgIpc) is 2.82. The third-order valence-electron chi connectivity index (χ3n) is 4.00. The zero-order valence-corrected chi connectivity index (χ0v) is 11.8. The van der Waals surface area contributed by atoms with E-state index < -0.39 is 0 Å². The van der Waals surface area contributed by atoms with E-state index in [9.17, 15) is 0 Å². The third kappa shape index (κ3) is 2.32. The van der Waals surface area contributed by atoms with Crippen molar-refractivity contribution in [3.63, 3.8) is 0 Å². The summed E-state index contributed by atoms with van der Waals surface area (Å²) >= 11 is 0. The molecule has 4 heteroatoms. The number of aryl methyl sites for hydroxylation is 1. The van der Waals surface area contributed by atoms with Crippen molar-refractivity contribution in [2.75, 3.05) is 18.0 Å². The normalized spacial score (nSPS) is 20.2. The Labute approximate surface area is 114 Å². The summed E-state index contributed by atoms with van der Waals surface area (Å²) < 4.78 is 2.12. The van der Waals surface area contributed by atoms with Crippen LogP contribution in [0, 0.1) is 12.8 Å². The first-order chi connectivity index (χ1) is 9.17. The summed E-state index contributed by atoms with van der Waals surface area (Å²) in [6.07, 6.45) is 6.86. The average molecular weight is 258 g/mol. The second kappa shape index (κ2) is 4.85. The topological polar surface area (TPSA) is 46.6 Å². The predicted molar refractivity (Wildman–Crippen MR) is 78.4 cm³/mol. The molecule has 1 atom stereocenters. The molecular weight excluding hydrogens is 236 g/mol. The van der Waals surface area contributed by atoms with Gasteiger partial charge in [-0.15, -0.1) is 0 Å². The highest BCUT2D eigenvalue weighted by Crippen LogP contribution is 2.25. The van der Waals surface area contributed by atoms with Gasteiger partial charge in [0.05, 0.1) is 11.4 Å². The van der Waals surface area contributed by atoms with Crippen LogP contribution in [0.15, 0.2) is 18.5 Å². The highest BCUT2D eigenvalue weighted by Gasteiger charge is 2.17. The molecule has 102 valence electrons. The van der Waals surface area contributed by atoms with Crippen molar-refractivity contribution >= 4 is 11.3 Å². The molecule has 3 rings (SSSR count). The molecule has 0 aliphatic carbocycles. The summed E-state index contributed by atoms with van der Waals surface area (Å²) in [6, 6.07) is 2.25. The fourth-order valence-corrected chi connectivity index (χ4v) is 3.00. The molecule has 2 aromatic rings. The fraction of sp³-hybridized carbons (Fsp3) is 0.533. The predicted octanol–water partition coefficient (Wildman–Crippen LogP) is 2.34. The Bertz CT molecular complexity index is 587. The van der Waals surface area contributed by atoms with E-state index in [1.807, 2.05) is 6.20 Å². The second-order valence-electron chi connectivity index (χ2n) is 5.74. The van der Waals surface area contributed by atoms with Crippen molar-refractivity contribution in [2.45, 2.75) is 33.2 Å². The molecule has 0 amide bonds. The number of pyridine rings is 1. The van der Waals surface area contributed by atoms with E-state index in [2.05, 4.69) is 40.4 Å². The summed E-state index contributed by atoms with van der Waals surface area (Å²) in [7, 11) is 0. The molecule has 0 aromatic carbocycles. The lowest BCUT2D eigenvalue weighted by Crippen LogP contribution is -2.34. The number of nitrogens with zero attached hydrogens (tertiary/aromatic N) is 3. The lowest BCUT2D eigenvalue weighted by molar-refractivity contribution is 0.446. The van der Waals surface area contributed by atoms with Gasteiger partial charge in [-0.2, -0.15) is 0 Å². The maximum Gasteiger partial charge on any atom is 0.140 e. The minimum Gasteiger partial charge on any atom is -0.370 e. The van der Waals surface area contributed by atoms with E-state index in [1.165, 1.54) is 24.1 Å². The van der Waals surface area contributed by atoms with Crippen molar-refractivity contribution in [1.29, 1.82) is 0 Å². The Morgan fingerprint density at radius 3 is 3.00 bits per heavy atom. The van der Waals surface area contributed by atoms with Gasteiger partial charge in [0.2, 0.25) is 0 Å². The number of imidazole rings is 1. The van der Waals surface area contributed by atoms with Crippen LogP contribution in [0.2, 0.25) is 0 Å². The summed E-state index contributed by atoms with van der Waals surface area (Å²) in [5.74, 6) is 0.784. The van der Waals surface area contributed by atoms with E-state index in [0.29, 0.717) is 6.54 Å². The molecule has 1 fully saturated rings. The Kier molecular flexibility index (Phi) is 3.19. The van der Waals surface area contributed by atoms with Gasteiger partial charge < -0.3 is 15.0 Å². The molecular formula is C15H22N4. The van der Waals surface area contributed by atoms with E-state index in [1.54, 1.807) is 0 Å². The smallest absolute Gasteiger partial charge is 0.140 e. The Morgan fingerprint density at radius 2 is 2.26 bits per heavy atom. The number of hydrogen-bond donors (Lipinski definition) is 1. The van der Waals surface area contributed by atoms with Gasteiger partial charge in [0.15, 0.2) is 0 Å². The molecule has 1 aliphatic heterocycles. The number of rotatable bonds is 2. The molecule has 2 N–H and O–H groups in total. The molecule has 19 heavy (non-hydrogen) atoms. The number of aromatic nitrogens is 2. The van der Waals surface area contributed by atoms with Gasteiger partial charge >= 0.3 is 0 Å². The van der Waals surface area contributed by atoms with Gasteiger partial charge in [-0.25, -0.2) is 4.98 Å². The van der Waals surface area contributed by atoms with Crippen LogP contribution in [0.4, 0.5) is 5.69 Å². The maximum absolute atomic E-state index is 5.68. The van der Waals surface area contributed by atoms with Gasteiger partial charge in [-0.1, -0.05) is 6.92 Å². The minimum atomic E-state index is 0.497. The molecule has 1 saturated heterocycles. The van der Waals surface area contributed by atoms with Crippen molar-refractivity contribution in [3.8, 4) is 0 Å². The Hall–Kier alpha value is -1.55. The van der Waals surface area contributed by atoms with Crippen molar-refractivity contribution in [1.82, 2.24) is 9.38 Å². The van der Waals surface area contributed by atoms with Crippen molar-refractivity contribution in [2.24, 2.45) is 11.7 Å². The summed E-state index contributed by atoms with van der Waals surface area (Å²) in [4.78, 5) is 7.04. The number of piperidine rings is 1. The molecule has 1 aliphatic rings. The minimum absolute atomic E-state index is 0.497. The van der Waals surface area contributed by atoms with Gasteiger partial charge in [0, 0.05) is 32.0 Å². The largest absolute Gasteiger partial charge is 0.370 e. The van der Waals surface area contributed by atoms with Crippen LogP contribution in [0.3, 0.4) is 0 Å². The van der Waals surface area contributed by atoms with Crippen LogP contribution in [0.1, 0.15) is 31.0 Å². The first-order valence-corrected chi connectivity index (χ1v) is 7.10. The van der Waals surface area contributed by atoms with Crippen LogP contribution in [0.5, 0.6) is 0 Å². The highest BCUT2D eigenvalue weighted by molar-refractivity contribution is 5.58. The monoisotopic (exact) mass is 258 g/mol. The van der Waals surface area contributed by atoms with Crippen molar-refractivity contribution < 1.29 is 0 Å². The number of anilines is 1. The van der Waals surface area contributed by atoms with Gasteiger partial charge in [-0.05, 0) is 37.3 Å². The lowest BCUT2D eigenvalue weighted by Gasteiger charge is -2.33. The molecule has 3 heterocycles. The number of nitrogens with two attached hydrogens (primary N) is 1. The van der Waals surface area contributed by atoms with Crippen molar-refractivity contribution in [3.05, 3.63) is 29.7 Å². The molecule has 0 spiro atoms. The van der Waals surface area contributed by atoms with Gasteiger partial charge in [0.1, 0.15) is 5.65 Å². The molecule has 0 bridgehead atoms. The van der Waals surface area contributed by atoms with E-state index in [4.69, 9.17) is 5.73 Å². The molecule has 2 aromatic heterocycles. The first kappa shape index (κ1) is 12.5. The zero-order chi connectivity index (χ0) is 13.4. The number of fused-ring (bicyclic) bond motifs is 1.